The summed E-state index contributed by atoms with van der Waals surface area (Å²) in [5.41, 5.74) is 3.11. The van der Waals surface area contributed by atoms with Gasteiger partial charge in [0.05, 0.1) is 0 Å². The highest BCUT2D eigenvalue weighted by Gasteiger charge is 2.53. The molecule has 0 aromatic rings. The van der Waals surface area contributed by atoms with Gasteiger partial charge in [-0.2, -0.15) is 7.05 Å². The molecule has 0 radical (unpaired) electrons. The number of allylic oxidation sites excluding steroid dienone is 2. The van der Waals surface area contributed by atoms with Crippen LogP contribution >= 0.6 is 0 Å². The Morgan fingerprint density at radius 3 is 2.73 bits per heavy atom. The first-order chi connectivity index (χ1) is 10.4. The predicted octanol–water partition coefficient (Wildman–Crippen LogP) is 5.98. The lowest BCUT2D eigenvalue weighted by molar-refractivity contribution is -0.0507. The summed E-state index contributed by atoms with van der Waals surface area (Å²) in [5, 5.41) is 4.88. The Morgan fingerprint density at radius 2 is 2.09 bits per heavy atom. The minimum atomic E-state index is 0.213. The smallest absolute Gasteiger partial charge is 0.0141 e. The highest BCUT2D eigenvalue weighted by Crippen LogP contribution is 2.61. The lowest BCUT2D eigenvalue weighted by atomic mass is 9.46. The second-order valence-corrected chi connectivity index (χ2v) is 8.82. The molecular weight excluding hydrogens is 266 g/mol. The van der Waals surface area contributed by atoms with Crippen LogP contribution in [0.3, 0.4) is 0 Å². The molecule has 1 nitrogen and oxygen atoms in total. The van der Waals surface area contributed by atoms with Gasteiger partial charge in [-0.3, -0.25) is 0 Å². The van der Waals surface area contributed by atoms with Crippen molar-refractivity contribution in [3.05, 3.63) is 29.6 Å². The van der Waals surface area contributed by atoms with Gasteiger partial charge in [-0.05, 0) is 62.2 Å². The number of hydrogen-bond donors (Lipinski definition) is 0. The minimum absolute atomic E-state index is 0.213. The molecular formula is C21H34N-. The van der Waals surface area contributed by atoms with E-state index in [4.69, 9.17) is 5.32 Å². The largest absolute Gasteiger partial charge is 0.659 e. The van der Waals surface area contributed by atoms with Crippen molar-refractivity contribution in [3.8, 4) is 0 Å². The van der Waals surface area contributed by atoms with Crippen LogP contribution in [0.1, 0.15) is 59.3 Å². The van der Waals surface area contributed by atoms with Crippen molar-refractivity contribution < 1.29 is 0 Å². The summed E-state index contributed by atoms with van der Waals surface area (Å²) in [7, 11) is 2.05. The molecule has 3 aliphatic rings. The first-order valence-corrected chi connectivity index (χ1v) is 9.30. The summed E-state index contributed by atoms with van der Waals surface area (Å²) in [5.74, 6) is 4.89. The number of rotatable bonds is 3. The zero-order chi connectivity index (χ0) is 16.1. The molecule has 0 heterocycles. The molecule has 0 spiro atoms. The van der Waals surface area contributed by atoms with E-state index in [9.17, 15) is 0 Å². The van der Waals surface area contributed by atoms with Gasteiger partial charge in [-0.1, -0.05) is 50.3 Å². The topological polar surface area (TPSA) is 14.1 Å². The molecule has 124 valence electrons. The summed E-state index contributed by atoms with van der Waals surface area (Å²) in [6.45, 7) is 15.9. The summed E-state index contributed by atoms with van der Waals surface area (Å²) in [6.07, 6.45) is 7.79. The Bertz CT molecular complexity index is 465. The van der Waals surface area contributed by atoms with E-state index >= 15 is 0 Å². The highest BCUT2D eigenvalue weighted by atomic mass is 15.0. The standard InChI is InChI=1S/C21H34N/c1-13(2)11-16-12-15(4)17-9-10-21(5,22-6)18-8-7-14(3)19(16)20(17)18/h15-20H,1,3,7-12H2,2,4-6H3/q-1/t15-,16+,17+,18-,19-,20+,21-/m1/s1. The SMILES string of the molecule is C=C(C)C[C@H]1C[C@@H](C)[C@@H]2CC[C@@](C)([N-]C)[C@@H]3CCC(=C)[C@H]1[C@@H]23. The van der Waals surface area contributed by atoms with E-state index in [1.165, 1.54) is 44.1 Å². The van der Waals surface area contributed by atoms with Crippen LogP contribution in [0, 0.1) is 35.5 Å². The Hall–Kier alpha value is -0.560. The fourth-order valence-corrected chi connectivity index (χ4v) is 6.40. The van der Waals surface area contributed by atoms with Crippen LogP contribution in [0.4, 0.5) is 0 Å². The van der Waals surface area contributed by atoms with Gasteiger partial charge < -0.3 is 5.32 Å². The minimum Gasteiger partial charge on any atom is -0.659 e. The van der Waals surface area contributed by atoms with Crippen molar-refractivity contribution in [1.29, 1.82) is 0 Å². The molecule has 0 aromatic carbocycles. The summed E-state index contributed by atoms with van der Waals surface area (Å²) >= 11 is 0. The van der Waals surface area contributed by atoms with Gasteiger partial charge in [0.15, 0.2) is 0 Å². The molecule has 0 bridgehead atoms. The maximum absolute atomic E-state index is 4.88. The predicted molar refractivity (Wildman–Crippen MR) is 96.0 cm³/mol. The molecule has 0 aliphatic heterocycles. The normalized spacial score (nSPS) is 47.9. The Balaban J connectivity index is 1.96. The Morgan fingerprint density at radius 1 is 1.36 bits per heavy atom. The maximum Gasteiger partial charge on any atom is -0.0141 e. The highest BCUT2D eigenvalue weighted by molar-refractivity contribution is 5.22. The van der Waals surface area contributed by atoms with Crippen LogP contribution in [-0.4, -0.2) is 12.6 Å². The number of hydrogen-bond acceptors (Lipinski definition) is 0. The molecule has 0 aromatic heterocycles. The lowest BCUT2D eigenvalue weighted by Crippen LogP contribution is -2.55. The van der Waals surface area contributed by atoms with Crippen LogP contribution in [0.15, 0.2) is 24.3 Å². The van der Waals surface area contributed by atoms with E-state index in [-0.39, 0.29) is 5.54 Å². The zero-order valence-corrected chi connectivity index (χ0v) is 15.1. The van der Waals surface area contributed by atoms with E-state index in [1.54, 1.807) is 5.57 Å². The second kappa shape index (κ2) is 5.82. The van der Waals surface area contributed by atoms with Gasteiger partial charge >= 0.3 is 0 Å². The number of nitrogens with zero attached hydrogens (tertiary/aromatic N) is 1. The van der Waals surface area contributed by atoms with Gasteiger partial charge in [0.1, 0.15) is 0 Å². The molecule has 0 amide bonds. The van der Waals surface area contributed by atoms with Gasteiger partial charge in [0.2, 0.25) is 0 Å². The average molecular weight is 301 g/mol. The molecule has 0 unspecified atom stereocenters. The molecule has 3 rings (SSSR count). The zero-order valence-electron chi connectivity index (χ0n) is 15.1. The van der Waals surface area contributed by atoms with Crippen LogP contribution in [0.5, 0.6) is 0 Å². The monoisotopic (exact) mass is 300 g/mol. The summed E-state index contributed by atoms with van der Waals surface area (Å²) in [4.78, 5) is 0. The third-order valence-electron chi connectivity index (χ3n) is 7.44. The Labute approximate surface area is 137 Å². The average Bonchev–Trinajstić information content (AvgIpc) is 2.45. The van der Waals surface area contributed by atoms with Crippen LogP contribution in [0.25, 0.3) is 5.32 Å². The van der Waals surface area contributed by atoms with Gasteiger partial charge in [-0.25, -0.2) is 0 Å². The molecule has 0 N–H and O–H groups in total. The molecule has 7 atom stereocenters. The van der Waals surface area contributed by atoms with E-state index in [0.717, 1.165) is 35.5 Å². The second-order valence-electron chi connectivity index (χ2n) is 8.82. The molecule has 1 heteroatoms. The quantitative estimate of drug-likeness (QED) is 0.569. The van der Waals surface area contributed by atoms with Crippen molar-refractivity contribution in [2.75, 3.05) is 7.05 Å². The third kappa shape index (κ3) is 2.50. The first kappa shape index (κ1) is 16.3. The van der Waals surface area contributed by atoms with Crippen LogP contribution in [-0.2, 0) is 0 Å². The molecule has 3 saturated carbocycles. The maximum atomic E-state index is 4.88. The molecule has 0 saturated heterocycles. The van der Waals surface area contributed by atoms with E-state index < -0.39 is 0 Å². The fourth-order valence-electron chi connectivity index (χ4n) is 6.40. The van der Waals surface area contributed by atoms with Crippen LogP contribution in [0.2, 0.25) is 0 Å². The molecule has 3 aliphatic carbocycles. The van der Waals surface area contributed by atoms with E-state index in [1.807, 2.05) is 0 Å². The first-order valence-electron chi connectivity index (χ1n) is 9.30. The van der Waals surface area contributed by atoms with Crippen molar-refractivity contribution in [1.82, 2.24) is 0 Å². The lowest BCUT2D eigenvalue weighted by Gasteiger charge is -2.65. The van der Waals surface area contributed by atoms with Crippen molar-refractivity contribution in [2.24, 2.45) is 35.5 Å². The third-order valence-corrected chi connectivity index (χ3v) is 7.44. The van der Waals surface area contributed by atoms with E-state index in [0.29, 0.717) is 0 Å². The van der Waals surface area contributed by atoms with Crippen molar-refractivity contribution >= 4 is 0 Å². The van der Waals surface area contributed by atoms with Gasteiger partial charge in [0.25, 0.3) is 0 Å². The van der Waals surface area contributed by atoms with Crippen LogP contribution < -0.4 is 0 Å². The van der Waals surface area contributed by atoms with E-state index in [2.05, 4.69) is 41.0 Å². The summed E-state index contributed by atoms with van der Waals surface area (Å²) in [6, 6.07) is 0. The Kier molecular flexibility index (Phi) is 4.31. The van der Waals surface area contributed by atoms with Crippen molar-refractivity contribution in [2.45, 2.75) is 64.8 Å². The van der Waals surface area contributed by atoms with Gasteiger partial charge in [0, 0.05) is 0 Å². The van der Waals surface area contributed by atoms with Gasteiger partial charge in [-0.15, -0.1) is 12.1 Å². The molecule has 3 fully saturated rings. The fraction of sp³-hybridized carbons (Fsp3) is 0.810. The van der Waals surface area contributed by atoms with Crippen molar-refractivity contribution in [3.63, 3.8) is 0 Å². The summed E-state index contributed by atoms with van der Waals surface area (Å²) < 4.78 is 0. The molecule has 22 heavy (non-hydrogen) atoms.